The Bertz CT molecular complexity index is 1680. The monoisotopic (exact) mass is 534 g/mol. The number of nitrogens with zero attached hydrogens (tertiary/aromatic N) is 4. The number of aromatic nitrogens is 2. The molecule has 0 saturated carbocycles. The van der Waals surface area contributed by atoms with Gasteiger partial charge in [0.15, 0.2) is 0 Å². The molecule has 0 saturated heterocycles. The van der Waals surface area contributed by atoms with Crippen molar-refractivity contribution in [2.45, 2.75) is 13.5 Å². The van der Waals surface area contributed by atoms with Gasteiger partial charge >= 0.3 is 0 Å². The van der Waals surface area contributed by atoms with Crippen LogP contribution in [-0.4, -0.2) is 33.6 Å². The number of benzene rings is 3. The van der Waals surface area contributed by atoms with Crippen molar-refractivity contribution >= 4 is 29.5 Å². The van der Waals surface area contributed by atoms with Gasteiger partial charge in [-0.25, -0.2) is 4.68 Å². The maximum atomic E-state index is 13.7. The van der Waals surface area contributed by atoms with Gasteiger partial charge in [-0.2, -0.15) is 10.4 Å². The van der Waals surface area contributed by atoms with Gasteiger partial charge in [0, 0.05) is 27.9 Å². The molecule has 0 aliphatic carbocycles. The van der Waals surface area contributed by atoms with E-state index in [1.54, 1.807) is 49.1 Å². The standard InChI is InChI=1S/C31H23ClN4O3/c1-20-26(30(37)35(31(38)27(20)17-33)18-22-8-6-7-11-28(22)32)16-23-19-36(24-9-4-3-5-10-24)34-29(23)21-12-14-25(39-2)15-13-21/h3-16,19H,18H2,1-2H3/b26-16+. The van der Waals surface area contributed by atoms with E-state index in [-0.39, 0.29) is 17.7 Å². The number of imide groups is 1. The van der Waals surface area contributed by atoms with Crippen LogP contribution >= 0.6 is 11.6 Å². The maximum absolute atomic E-state index is 13.7. The second-order valence-electron chi connectivity index (χ2n) is 8.90. The number of hydrogen-bond donors (Lipinski definition) is 0. The fraction of sp³-hybridized carbons (Fsp3) is 0.0968. The van der Waals surface area contributed by atoms with Crippen molar-refractivity contribution in [3.8, 4) is 28.8 Å². The summed E-state index contributed by atoms with van der Waals surface area (Å²) < 4.78 is 7.03. The molecule has 1 aromatic heterocycles. The van der Waals surface area contributed by atoms with E-state index in [0.717, 1.165) is 16.2 Å². The zero-order chi connectivity index (χ0) is 27.5. The van der Waals surface area contributed by atoms with E-state index >= 15 is 0 Å². The SMILES string of the molecule is COc1ccc(-c2nn(-c3ccccc3)cc2/C=C2/C(=O)N(Cc3ccccc3Cl)C(=O)C(C#N)=C2C)cc1. The molecule has 4 aromatic rings. The van der Waals surface area contributed by atoms with Gasteiger partial charge in [0.05, 0.1) is 25.0 Å². The highest BCUT2D eigenvalue weighted by Gasteiger charge is 2.36. The summed E-state index contributed by atoms with van der Waals surface area (Å²) in [5.41, 5.74) is 4.00. The first-order valence-corrected chi connectivity index (χ1v) is 12.5. The number of amides is 2. The molecule has 0 unspecified atom stereocenters. The van der Waals surface area contributed by atoms with E-state index in [9.17, 15) is 14.9 Å². The molecule has 0 N–H and O–H groups in total. The molecule has 1 aliphatic rings. The number of ether oxygens (including phenoxy) is 1. The summed E-state index contributed by atoms with van der Waals surface area (Å²) in [6, 6.07) is 26.0. The van der Waals surface area contributed by atoms with Gasteiger partial charge in [-0.3, -0.25) is 14.5 Å². The van der Waals surface area contributed by atoms with Crippen molar-refractivity contribution in [1.29, 1.82) is 5.26 Å². The Morgan fingerprint density at radius 2 is 1.67 bits per heavy atom. The molecule has 0 spiro atoms. The Morgan fingerprint density at radius 1 is 0.974 bits per heavy atom. The summed E-state index contributed by atoms with van der Waals surface area (Å²) in [5, 5.41) is 15.1. The summed E-state index contributed by atoms with van der Waals surface area (Å²) in [5.74, 6) is -0.452. The first-order chi connectivity index (χ1) is 18.9. The summed E-state index contributed by atoms with van der Waals surface area (Å²) in [7, 11) is 1.60. The molecule has 5 rings (SSSR count). The second-order valence-corrected chi connectivity index (χ2v) is 9.31. The number of halogens is 1. The lowest BCUT2D eigenvalue weighted by atomic mass is 9.93. The van der Waals surface area contributed by atoms with Crippen LogP contribution < -0.4 is 4.74 Å². The van der Waals surface area contributed by atoms with E-state index in [2.05, 4.69) is 0 Å². The molecule has 7 nitrogen and oxygen atoms in total. The van der Waals surface area contributed by atoms with Gasteiger partial charge in [0.1, 0.15) is 17.4 Å². The second kappa shape index (κ2) is 10.8. The third-order valence-electron chi connectivity index (χ3n) is 6.54. The molecule has 0 bridgehead atoms. The highest BCUT2D eigenvalue weighted by atomic mass is 35.5. The van der Waals surface area contributed by atoms with Crippen LogP contribution in [0.5, 0.6) is 5.75 Å². The van der Waals surface area contributed by atoms with E-state index in [1.165, 1.54) is 0 Å². The number of carbonyl (C=O) groups is 2. The average molecular weight is 535 g/mol. The van der Waals surface area contributed by atoms with Crippen LogP contribution in [0.25, 0.3) is 23.0 Å². The van der Waals surface area contributed by atoms with Crippen LogP contribution in [0.3, 0.4) is 0 Å². The first kappa shape index (κ1) is 25.7. The fourth-order valence-electron chi connectivity index (χ4n) is 4.40. The van der Waals surface area contributed by atoms with Crippen molar-refractivity contribution in [2.24, 2.45) is 0 Å². The van der Waals surface area contributed by atoms with Gasteiger partial charge in [0.25, 0.3) is 11.8 Å². The zero-order valence-corrected chi connectivity index (χ0v) is 22.0. The third kappa shape index (κ3) is 4.98. The number of carbonyl (C=O) groups excluding carboxylic acids is 2. The topological polar surface area (TPSA) is 88.2 Å². The van der Waals surface area contributed by atoms with E-state index in [0.29, 0.717) is 33.2 Å². The van der Waals surface area contributed by atoms with Crippen molar-refractivity contribution in [3.63, 3.8) is 0 Å². The van der Waals surface area contributed by atoms with Crippen molar-refractivity contribution in [2.75, 3.05) is 7.11 Å². The number of para-hydroxylation sites is 1. The minimum atomic E-state index is -0.646. The molecule has 3 aromatic carbocycles. The van der Waals surface area contributed by atoms with E-state index < -0.39 is 11.8 Å². The van der Waals surface area contributed by atoms with Crippen LogP contribution in [-0.2, 0) is 16.1 Å². The molecule has 0 fully saturated rings. The van der Waals surface area contributed by atoms with Gasteiger partial charge in [-0.1, -0.05) is 48.0 Å². The quantitative estimate of drug-likeness (QED) is 0.224. The van der Waals surface area contributed by atoms with Gasteiger partial charge in [-0.05, 0) is 66.6 Å². The minimum absolute atomic E-state index is 0.0538. The predicted octanol–water partition coefficient (Wildman–Crippen LogP) is 5.99. The van der Waals surface area contributed by atoms with Gasteiger partial charge in [0.2, 0.25) is 0 Å². The average Bonchev–Trinajstić information content (AvgIpc) is 3.39. The molecular formula is C31H23ClN4O3. The molecule has 0 atom stereocenters. The maximum Gasteiger partial charge on any atom is 0.271 e. The Morgan fingerprint density at radius 3 is 2.33 bits per heavy atom. The third-order valence-corrected chi connectivity index (χ3v) is 6.91. The number of methoxy groups -OCH3 is 1. The van der Waals surface area contributed by atoms with Gasteiger partial charge in [-0.15, -0.1) is 0 Å². The Labute approximate surface area is 230 Å². The lowest BCUT2D eigenvalue weighted by Crippen LogP contribution is -2.42. The zero-order valence-electron chi connectivity index (χ0n) is 21.3. The normalized spacial score (nSPS) is 14.6. The largest absolute Gasteiger partial charge is 0.497 e. The first-order valence-electron chi connectivity index (χ1n) is 12.1. The van der Waals surface area contributed by atoms with Crippen LogP contribution in [0.2, 0.25) is 5.02 Å². The molecular weight excluding hydrogens is 512 g/mol. The molecule has 192 valence electrons. The Kier molecular flexibility index (Phi) is 7.13. The molecule has 1 aliphatic heterocycles. The van der Waals surface area contributed by atoms with Crippen LogP contribution in [0, 0.1) is 11.3 Å². The molecule has 2 amide bonds. The number of nitriles is 1. The van der Waals surface area contributed by atoms with Crippen molar-refractivity contribution in [1.82, 2.24) is 14.7 Å². The highest BCUT2D eigenvalue weighted by Crippen LogP contribution is 2.33. The molecule has 0 radical (unpaired) electrons. The van der Waals surface area contributed by atoms with Gasteiger partial charge < -0.3 is 4.74 Å². The smallest absolute Gasteiger partial charge is 0.271 e. The summed E-state index contributed by atoms with van der Waals surface area (Å²) in [6.45, 7) is 1.56. The summed E-state index contributed by atoms with van der Waals surface area (Å²) >= 11 is 6.31. The lowest BCUT2D eigenvalue weighted by molar-refractivity contribution is -0.141. The Hall–Kier alpha value is -4.93. The number of rotatable bonds is 6. The van der Waals surface area contributed by atoms with Crippen LogP contribution in [0.1, 0.15) is 18.1 Å². The Balaban J connectivity index is 1.65. The van der Waals surface area contributed by atoms with Crippen molar-refractivity contribution < 1.29 is 14.3 Å². The fourth-order valence-corrected chi connectivity index (χ4v) is 4.60. The lowest BCUT2D eigenvalue weighted by Gasteiger charge is -2.27. The van der Waals surface area contributed by atoms with E-state index in [4.69, 9.17) is 21.4 Å². The molecule has 2 heterocycles. The molecule has 8 heteroatoms. The van der Waals surface area contributed by atoms with Crippen LogP contribution in [0.4, 0.5) is 0 Å². The molecule has 39 heavy (non-hydrogen) atoms. The highest BCUT2D eigenvalue weighted by molar-refractivity contribution is 6.31. The van der Waals surface area contributed by atoms with Crippen LogP contribution in [0.15, 0.2) is 102 Å². The number of hydrogen-bond acceptors (Lipinski definition) is 5. The summed E-state index contributed by atoms with van der Waals surface area (Å²) in [6.07, 6.45) is 3.51. The minimum Gasteiger partial charge on any atom is -0.497 e. The summed E-state index contributed by atoms with van der Waals surface area (Å²) in [4.78, 5) is 28.0. The predicted molar refractivity (Wildman–Crippen MR) is 149 cm³/mol. The van der Waals surface area contributed by atoms with E-state index in [1.807, 2.05) is 66.9 Å². The van der Waals surface area contributed by atoms with Crippen molar-refractivity contribution in [3.05, 3.63) is 118 Å².